The van der Waals surface area contributed by atoms with Gasteiger partial charge in [0, 0.05) is 26.2 Å². The van der Waals surface area contributed by atoms with E-state index < -0.39 is 0 Å². The van der Waals surface area contributed by atoms with E-state index in [9.17, 15) is 5.11 Å². The van der Waals surface area contributed by atoms with Gasteiger partial charge in [-0.05, 0) is 48.6 Å². The van der Waals surface area contributed by atoms with Crippen LogP contribution in [-0.2, 0) is 12.8 Å². The number of guanidine groups is 1. The molecule has 0 unspecified atom stereocenters. The van der Waals surface area contributed by atoms with E-state index >= 15 is 0 Å². The van der Waals surface area contributed by atoms with Gasteiger partial charge in [0.15, 0.2) is 5.96 Å². The molecule has 7 heteroatoms. The monoisotopic (exact) mass is 499 g/mol. The molecule has 0 radical (unpaired) electrons. The van der Waals surface area contributed by atoms with Crippen molar-refractivity contribution in [2.75, 3.05) is 34.4 Å². The van der Waals surface area contributed by atoms with Gasteiger partial charge < -0.3 is 25.2 Å². The summed E-state index contributed by atoms with van der Waals surface area (Å²) in [7, 11) is 5.02. The Hall–Kier alpha value is -2.16. The predicted molar refractivity (Wildman–Crippen MR) is 125 cm³/mol. The molecule has 0 bridgehead atoms. The minimum absolute atomic E-state index is 0. The summed E-state index contributed by atoms with van der Waals surface area (Å²) < 4.78 is 10.5. The zero-order valence-corrected chi connectivity index (χ0v) is 19.2. The van der Waals surface area contributed by atoms with Crippen molar-refractivity contribution in [2.24, 2.45) is 4.99 Å². The number of ether oxygens (including phenoxy) is 2. The molecule has 28 heavy (non-hydrogen) atoms. The van der Waals surface area contributed by atoms with Gasteiger partial charge in [0.2, 0.25) is 0 Å². The number of benzene rings is 2. The number of methoxy groups -OCH3 is 2. The molecule has 2 rings (SSSR count). The Kier molecular flexibility index (Phi) is 10.5. The molecule has 0 aliphatic rings. The van der Waals surface area contributed by atoms with Crippen LogP contribution in [0.2, 0.25) is 0 Å². The molecule has 0 aromatic heterocycles. The van der Waals surface area contributed by atoms with Crippen LogP contribution >= 0.6 is 24.0 Å². The summed E-state index contributed by atoms with van der Waals surface area (Å²) in [6.07, 6.45) is 1.56. The highest BCUT2D eigenvalue weighted by Gasteiger charge is 2.05. The molecule has 0 saturated carbocycles. The molecule has 154 valence electrons. The van der Waals surface area contributed by atoms with Crippen LogP contribution in [0.4, 0.5) is 0 Å². The van der Waals surface area contributed by atoms with Crippen LogP contribution in [0.15, 0.2) is 41.4 Å². The Labute approximate surface area is 184 Å². The maximum atomic E-state index is 10.0. The van der Waals surface area contributed by atoms with Crippen molar-refractivity contribution < 1.29 is 14.6 Å². The molecule has 3 N–H and O–H groups in total. The minimum Gasteiger partial charge on any atom is -0.508 e. The molecule has 0 heterocycles. The molecular formula is C21H30IN3O3. The zero-order chi connectivity index (χ0) is 19.6. The molecule has 6 nitrogen and oxygen atoms in total. The lowest BCUT2D eigenvalue weighted by Crippen LogP contribution is -2.39. The second-order valence-electron chi connectivity index (χ2n) is 6.22. The highest BCUT2D eigenvalue weighted by Crippen LogP contribution is 2.23. The van der Waals surface area contributed by atoms with Gasteiger partial charge in [-0.1, -0.05) is 18.2 Å². The van der Waals surface area contributed by atoms with Crippen molar-refractivity contribution >= 4 is 29.9 Å². The number of aliphatic imine (C=N–C) groups is 1. The highest BCUT2D eigenvalue weighted by molar-refractivity contribution is 14.0. The van der Waals surface area contributed by atoms with E-state index in [4.69, 9.17) is 9.47 Å². The smallest absolute Gasteiger partial charge is 0.190 e. The molecule has 2 aromatic carbocycles. The van der Waals surface area contributed by atoms with Crippen LogP contribution in [0.25, 0.3) is 0 Å². The summed E-state index contributed by atoms with van der Waals surface area (Å²) in [6, 6.07) is 11.6. The maximum Gasteiger partial charge on any atom is 0.190 e. The van der Waals surface area contributed by atoms with Gasteiger partial charge >= 0.3 is 0 Å². The highest BCUT2D eigenvalue weighted by atomic mass is 127. The van der Waals surface area contributed by atoms with Crippen molar-refractivity contribution in [3.8, 4) is 17.2 Å². The molecule has 0 atom stereocenters. The quantitative estimate of drug-likeness (QED) is 0.296. The standard InChI is InChI=1S/C21H29N3O3.HI/c1-15-5-6-16(13-20(15)27-4)9-11-23-21(22-2)24-12-10-17-7-8-18(26-3)14-19(17)25;/h5-8,13-14,25H,9-12H2,1-4H3,(H2,22,23,24);1H. The first-order valence-electron chi connectivity index (χ1n) is 9.01. The normalized spacial score (nSPS) is 10.8. The van der Waals surface area contributed by atoms with E-state index in [0.717, 1.165) is 35.8 Å². The van der Waals surface area contributed by atoms with Gasteiger partial charge in [0.25, 0.3) is 0 Å². The summed E-state index contributed by atoms with van der Waals surface area (Å²) in [4.78, 5) is 4.24. The summed E-state index contributed by atoms with van der Waals surface area (Å²) in [6.45, 7) is 3.46. The molecule has 0 saturated heterocycles. The Bertz CT molecular complexity index is 781. The van der Waals surface area contributed by atoms with Gasteiger partial charge in [0.05, 0.1) is 14.2 Å². The summed E-state index contributed by atoms with van der Waals surface area (Å²) in [5.41, 5.74) is 3.21. The first-order valence-corrected chi connectivity index (χ1v) is 9.01. The van der Waals surface area contributed by atoms with Crippen molar-refractivity contribution in [1.82, 2.24) is 10.6 Å². The lowest BCUT2D eigenvalue weighted by atomic mass is 10.1. The number of nitrogens with zero attached hydrogens (tertiary/aromatic N) is 1. The largest absolute Gasteiger partial charge is 0.508 e. The second kappa shape index (κ2) is 12.3. The first-order chi connectivity index (χ1) is 13.1. The topological polar surface area (TPSA) is 75.1 Å². The number of aromatic hydroxyl groups is 1. The average molecular weight is 499 g/mol. The van der Waals surface area contributed by atoms with Crippen LogP contribution in [0.1, 0.15) is 16.7 Å². The van der Waals surface area contributed by atoms with Crippen molar-refractivity contribution in [3.63, 3.8) is 0 Å². The fraction of sp³-hybridized carbons (Fsp3) is 0.381. The van der Waals surface area contributed by atoms with Crippen LogP contribution in [0, 0.1) is 6.92 Å². The van der Waals surface area contributed by atoms with Crippen molar-refractivity contribution in [1.29, 1.82) is 0 Å². The van der Waals surface area contributed by atoms with Gasteiger partial charge in [-0.3, -0.25) is 4.99 Å². The van der Waals surface area contributed by atoms with Gasteiger partial charge in [0.1, 0.15) is 17.2 Å². The molecular weight excluding hydrogens is 469 g/mol. The van der Waals surface area contributed by atoms with Crippen LogP contribution in [0.5, 0.6) is 17.2 Å². The van der Waals surface area contributed by atoms with E-state index in [1.54, 1.807) is 27.3 Å². The number of aryl methyl sites for hydroxylation is 1. The number of phenols is 1. The summed E-state index contributed by atoms with van der Waals surface area (Å²) >= 11 is 0. The van der Waals surface area contributed by atoms with Crippen molar-refractivity contribution in [3.05, 3.63) is 53.1 Å². The van der Waals surface area contributed by atoms with Crippen LogP contribution in [-0.4, -0.2) is 45.4 Å². The van der Waals surface area contributed by atoms with Gasteiger partial charge in [-0.2, -0.15) is 0 Å². The summed E-state index contributed by atoms with van der Waals surface area (Å²) in [5.74, 6) is 2.54. The molecule has 0 aliphatic heterocycles. The van der Waals surface area contributed by atoms with E-state index in [1.807, 2.05) is 19.1 Å². The molecule has 2 aromatic rings. The van der Waals surface area contributed by atoms with Gasteiger partial charge in [-0.25, -0.2) is 0 Å². The fourth-order valence-electron chi connectivity index (χ4n) is 2.76. The van der Waals surface area contributed by atoms with E-state index in [1.165, 1.54) is 5.56 Å². The Balaban J connectivity index is 0.00000392. The second-order valence-corrected chi connectivity index (χ2v) is 6.22. The SMILES string of the molecule is CN=C(NCCc1ccc(C)c(OC)c1)NCCc1ccc(OC)cc1O.I. The molecule has 0 aliphatic carbocycles. The molecule has 0 amide bonds. The van der Waals surface area contributed by atoms with E-state index in [-0.39, 0.29) is 29.7 Å². The minimum atomic E-state index is 0. The van der Waals surface area contributed by atoms with Gasteiger partial charge in [-0.15, -0.1) is 24.0 Å². The zero-order valence-electron chi connectivity index (χ0n) is 16.9. The molecule has 0 spiro atoms. The average Bonchev–Trinajstić information content (AvgIpc) is 2.68. The number of halogens is 1. The van der Waals surface area contributed by atoms with E-state index in [2.05, 4.69) is 33.8 Å². The maximum absolute atomic E-state index is 10.0. The number of nitrogens with one attached hydrogen (secondary N) is 2. The third-order valence-electron chi connectivity index (χ3n) is 4.38. The third-order valence-corrected chi connectivity index (χ3v) is 4.38. The lowest BCUT2D eigenvalue weighted by molar-refractivity contribution is 0.406. The third kappa shape index (κ3) is 7.10. The number of rotatable bonds is 8. The number of phenolic OH excluding ortho intramolecular Hbond substituents is 1. The molecule has 0 fully saturated rings. The first kappa shape index (κ1) is 23.9. The fourth-order valence-corrected chi connectivity index (χ4v) is 2.76. The van der Waals surface area contributed by atoms with E-state index in [0.29, 0.717) is 18.7 Å². The van der Waals surface area contributed by atoms with Crippen LogP contribution < -0.4 is 20.1 Å². The lowest BCUT2D eigenvalue weighted by Gasteiger charge is -2.13. The Morgan fingerprint density at radius 1 is 1.00 bits per heavy atom. The number of hydrogen-bond acceptors (Lipinski definition) is 4. The summed E-state index contributed by atoms with van der Waals surface area (Å²) in [5, 5.41) is 16.6. The Morgan fingerprint density at radius 3 is 2.32 bits per heavy atom. The van der Waals surface area contributed by atoms with Crippen LogP contribution in [0.3, 0.4) is 0 Å². The Morgan fingerprint density at radius 2 is 1.71 bits per heavy atom. The predicted octanol–water partition coefficient (Wildman–Crippen LogP) is 3.29. The number of hydrogen-bond donors (Lipinski definition) is 3. The van der Waals surface area contributed by atoms with Crippen molar-refractivity contribution in [2.45, 2.75) is 19.8 Å².